The zero-order chi connectivity index (χ0) is 11.4. The molecule has 1 rings (SSSR count). The van der Waals surface area contributed by atoms with Crippen LogP contribution in [0.1, 0.15) is 24.2 Å². The minimum absolute atomic E-state index is 0.225. The lowest BCUT2D eigenvalue weighted by Gasteiger charge is -2.07. The number of hydrogen-bond donors (Lipinski definition) is 0. The first kappa shape index (κ1) is 12.2. The lowest BCUT2D eigenvalue weighted by molar-refractivity contribution is 0.0458. The maximum Gasteiger partial charge on any atom is 0.338 e. The molecular weight excluding hydrogens is 263 g/mol. The van der Waals surface area contributed by atoms with Gasteiger partial charge in [0.1, 0.15) is 5.82 Å². The van der Waals surface area contributed by atoms with Crippen LogP contribution in [0.5, 0.6) is 0 Å². The van der Waals surface area contributed by atoms with Crippen molar-refractivity contribution >= 4 is 21.9 Å². The topological polar surface area (TPSA) is 26.3 Å². The molecule has 0 fully saturated rings. The van der Waals surface area contributed by atoms with Crippen LogP contribution in [0, 0.1) is 11.7 Å². The fraction of sp³-hybridized carbons (Fsp3) is 0.364. The molecule has 0 aliphatic heterocycles. The third kappa shape index (κ3) is 4.00. The standard InChI is InChI=1S/C11H12BrFO2/c1-7(2)6-15-11(14)8-3-9(12)5-10(13)4-8/h3-5,7H,6H2,1-2H3. The summed E-state index contributed by atoms with van der Waals surface area (Å²) in [6.45, 7) is 4.22. The van der Waals surface area contributed by atoms with E-state index in [1.807, 2.05) is 13.8 Å². The number of hydrogen-bond acceptors (Lipinski definition) is 2. The summed E-state index contributed by atoms with van der Waals surface area (Å²) in [4.78, 5) is 11.4. The molecule has 0 aliphatic rings. The minimum atomic E-state index is -0.496. The molecule has 0 atom stereocenters. The third-order valence-corrected chi connectivity index (χ3v) is 2.10. The van der Waals surface area contributed by atoms with E-state index < -0.39 is 11.8 Å². The van der Waals surface area contributed by atoms with Crippen molar-refractivity contribution < 1.29 is 13.9 Å². The lowest BCUT2D eigenvalue weighted by Crippen LogP contribution is -2.10. The third-order valence-electron chi connectivity index (χ3n) is 1.65. The van der Waals surface area contributed by atoms with Crippen molar-refractivity contribution in [2.24, 2.45) is 5.92 Å². The van der Waals surface area contributed by atoms with Gasteiger partial charge in [-0.25, -0.2) is 9.18 Å². The Morgan fingerprint density at radius 3 is 2.67 bits per heavy atom. The van der Waals surface area contributed by atoms with E-state index >= 15 is 0 Å². The summed E-state index contributed by atoms with van der Waals surface area (Å²) in [6.07, 6.45) is 0. The van der Waals surface area contributed by atoms with Crippen molar-refractivity contribution in [1.82, 2.24) is 0 Å². The second-order valence-electron chi connectivity index (χ2n) is 3.65. The Morgan fingerprint density at radius 2 is 2.13 bits per heavy atom. The van der Waals surface area contributed by atoms with Gasteiger partial charge in [-0.3, -0.25) is 0 Å². The van der Waals surface area contributed by atoms with E-state index in [-0.39, 0.29) is 11.5 Å². The Kier molecular flexibility index (Phi) is 4.27. The maximum absolute atomic E-state index is 12.9. The SMILES string of the molecule is CC(C)COC(=O)c1cc(F)cc(Br)c1. The van der Waals surface area contributed by atoms with Gasteiger partial charge < -0.3 is 4.74 Å². The van der Waals surface area contributed by atoms with Crippen LogP contribution in [0.15, 0.2) is 22.7 Å². The summed E-state index contributed by atoms with van der Waals surface area (Å²) in [5, 5.41) is 0. The van der Waals surface area contributed by atoms with E-state index in [0.717, 1.165) is 6.07 Å². The Labute approximate surface area is 96.6 Å². The molecule has 2 nitrogen and oxygen atoms in total. The van der Waals surface area contributed by atoms with E-state index in [1.54, 1.807) is 0 Å². The van der Waals surface area contributed by atoms with Crippen LogP contribution in [-0.4, -0.2) is 12.6 Å². The summed E-state index contributed by atoms with van der Waals surface area (Å²) in [5.74, 6) is -0.685. The largest absolute Gasteiger partial charge is 0.462 e. The van der Waals surface area contributed by atoms with Crippen LogP contribution in [0.3, 0.4) is 0 Å². The highest BCUT2D eigenvalue weighted by Gasteiger charge is 2.10. The smallest absolute Gasteiger partial charge is 0.338 e. The quantitative estimate of drug-likeness (QED) is 0.790. The van der Waals surface area contributed by atoms with Gasteiger partial charge in [-0.05, 0) is 24.1 Å². The number of benzene rings is 1. The highest BCUT2D eigenvalue weighted by atomic mass is 79.9. The molecule has 15 heavy (non-hydrogen) atoms. The first-order valence-electron chi connectivity index (χ1n) is 4.62. The van der Waals surface area contributed by atoms with Gasteiger partial charge in [0.25, 0.3) is 0 Å². The Balaban J connectivity index is 2.73. The molecule has 0 unspecified atom stereocenters. The van der Waals surface area contributed by atoms with Gasteiger partial charge in [0.2, 0.25) is 0 Å². The molecule has 4 heteroatoms. The predicted octanol–water partition coefficient (Wildman–Crippen LogP) is 3.40. The summed E-state index contributed by atoms with van der Waals surface area (Å²) in [5.41, 5.74) is 0.225. The van der Waals surface area contributed by atoms with Gasteiger partial charge in [0.05, 0.1) is 12.2 Å². The lowest BCUT2D eigenvalue weighted by atomic mass is 10.2. The second-order valence-corrected chi connectivity index (χ2v) is 4.57. The van der Waals surface area contributed by atoms with Crippen molar-refractivity contribution in [2.45, 2.75) is 13.8 Å². The number of carbonyl (C=O) groups is 1. The number of ether oxygens (including phenoxy) is 1. The maximum atomic E-state index is 12.9. The average molecular weight is 275 g/mol. The summed E-state index contributed by atoms with van der Waals surface area (Å²) < 4.78 is 18.4. The normalized spacial score (nSPS) is 10.5. The van der Waals surface area contributed by atoms with Gasteiger partial charge in [-0.1, -0.05) is 29.8 Å². The van der Waals surface area contributed by atoms with E-state index in [2.05, 4.69) is 15.9 Å². The Hall–Kier alpha value is -0.900. The van der Waals surface area contributed by atoms with Crippen LogP contribution in [0.25, 0.3) is 0 Å². The van der Waals surface area contributed by atoms with E-state index in [9.17, 15) is 9.18 Å². The van der Waals surface area contributed by atoms with Crippen molar-refractivity contribution in [1.29, 1.82) is 0 Å². The first-order chi connectivity index (χ1) is 6.99. The van der Waals surface area contributed by atoms with E-state index in [4.69, 9.17) is 4.74 Å². The van der Waals surface area contributed by atoms with Gasteiger partial charge in [0, 0.05) is 4.47 Å². The predicted molar refractivity (Wildman–Crippen MR) is 59.2 cm³/mol. The van der Waals surface area contributed by atoms with E-state index in [0.29, 0.717) is 11.1 Å². The molecule has 0 saturated carbocycles. The van der Waals surface area contributed by atoms with Gasteiger partial charge in [-0.15, -0.1) is 0 Å². The minimum Gasteiger partial charge on any atom is -0.462 e. The van der Waals surface area contributed by atoms with Gasteiger partial charge >= 0.3 is 5.97 Å². The van der Waals surface area contributed by atoms with Crippen molar-refractivity contribution in [2.75, 3.05) is 6.61 Å². The van der Waals surface area contributed by atoms with Crippen LogP contribution in [-0.2, 0) is 4.74 Å². The number of rotatable bonds is 3. The molecule has 0 spiro atoms. The highest BCUT2D eigenvalue weighted by Crippen LogP contribution is 2.15. The molecule has 0 aromatic heterocycles. The molecule has 0 saturated heterocycles. The summed E-state index contributed by atoms with van der Waals surface area (Å²) in [6, 6.07) is 3.98. The number of carbonyl (C=O) groups excluding carboxylic acids is 1. The van der Waals surface area contributed by atoms with Crippen molar-refractivity contribution in [3.8, 4) is 0 Å². The zero-order valence-electron chi connectivity index (χ0n) is 8.59. The summed E-state index contributed by atoms with van der Waals surface area (Å²) >= 11 is 3.11. The fourth-order valence-corrected chi connectivity index (χ4v) is 1.46. The first-order valence-corrected chi connectivity index (χ1v) is 5.41. The Bertz CT molecular complexity index is 343. The van der Waals surface area contributed by atoms with E-state index in [1.165, 1.54) is 12.1 Å². The molecule has 0 radical (unpaired) electrons. The number of esters is 1. The van der Waals surface area contributed by atoms with Crippen LogP contribution in [0.2, 0.25) is 0 Å². The molecule has 1 aromatic rings. The fourth-order valence-electron chi connectivity index (χ4n) is 0.997. The summed E-state index contributed by atoms with van der Waals surface area (Å²) in [7, 11) is 0. The van der Waals surface area contributed by atoms with Crippen molar-refractivity contribution in [3.63, 3.8) is 0 Å². The molecule has 1 aromatic carbocycles. The molecule has 82 valence electrons. The molecular formula is C11H12BrFO2. The molecule has 0 aliphatic carbocycles. The van der Waals surface area contributed by atoms with Gasteiger partial charge in [0.15, 0.2) is 0 Å². The molecule has 0 bridgehead atoms. The van der Waals surface area contributed by atoms with Gasteiger partial charge in [-0.2, -0.15) is 0 Å². The average Bonchev–Trinajstić information content (AvgIpc) is 2.12. The molecule has 0 N–H and O–H groups in total. The second kappa shape index (κ2) is 5.26. The van der Waals surface area contributed by atoms with Crippen LogP contribution >= 0.6 is 15.9 Å². The molecule has 0 amide bonds. The van der Waals surface area contributed by atoms with Crippen molar-refractivity contribution in [3.05, 3.63) is 34.1 Å². The van der Waals surface area contributed by atoms with Crippen LogP contribution < -0.4 is 0 Å². The number of halogens is 2. The highest BCUT2D eigenvalue weighted by molar-refractivity contribution is 9.10. The van der Waals surface area contributed by atoms with Crippen LogP contribution in [0.4, 0.5) is 4.39 Å². The monoisotopic (exact) mass is 274 g/mol. The Morgan fingerprint density at radius 1 is 1.47 bits per heavy atom. The zero-order valence-corrected chi connectivity index (χ0v) is 10.2. The molecule has 0 heterocycles.